The fourth-order valence-electron chi connectivity index (χ4n) is 4.43. The number of carboxylic acid groups (broad SMARTS) is 1. The molecule has 0 saturated heterocycles. The standard InChI is InChI=1S/C29H34N2O7/c1-6-16(2)24(27(33)31-25(28(34)35)19-10-8-7-9-11-19)30-23(32)15-13-21-17(3)20-12-14-22(37-5)18(4)26(20)38-29(21)36/h7-12,14,16,24-25H,6,13,15H2,1-5H3,(H,30,32)(H,31,33)(H,34,35)/t16-,24-,25+/m0/s1. The van der Waals surface area contributed by atoms with Gasteiger partial charge in [0.1, 0.15) is 17.4 Å². The molecule has 9 nitrogen and oxygen atoms in total. The molecule has 0 aliphatic heterocycles. The number of fused-ring (bicyclic) bond motifs is 1. The summed E-state index contributed by atoms with van der Waals surface area (Å²) in [4.78, 5) is 50.6. The number of carboxylic acids is 1. The molecule has 0 radical (unpaired) electrons. The van der Waals surface area contributed by atoms with E-state index in [2.05, 4.69) is 10.6 Å². The van der Waals surface area contributed by atoms with Gasteiger partial charge in [0.2, 0.25) is 11.8 Å². The van der Waals surface area contributed by atoms with Crippen LogP contribution in [0, 0.1) is 19.8 Å². The largest absolute Gasteiger partial charge is 0.496 e. The van der Waals surface area contributed by atoms with E-state index in [9.17, 15) is 24.3 Å². The number of carbonyl (C=O) groups is 3. The molecule has 3 rings (SSSR count). The number of benzene rings is 2. The van der Waals surface area contributed by atoms with Crippen molar-refractivity contribution < 1.29 is 28.6 Å². The van der Waals surface area contributed by atoms with Crippen LogP contribution in [0.15, 0.2) is 51.7 Å². The Labute approximate surface area is 221 Å². The molecule has 0 fully saturated rings. The van der Waals surface area contributed by atoms with Crippen molar-refractivity contribution in [3.05, 3.63) is 75.1 Å². The molecule has 3 N–H and O–H groups in total. The molecular weight excluding hydrogens is 488 g/mol. The van der Waals surface area contributed by atoms with Crippen LogP contribution in [0.4, 0.5) is 0 Å². The molecule has 0 aliphatic carbocycles. The number of carbonyl (C=O) groups excluding carboxylic acids is 2. The van der Waals surface area contributed by atoms with Crippen LogP contribution in [0.2, 0.25) is 0 Å². The summed E-state index contributed by atoms with van der Waals surface area (Å²) in [6.45, 7) is 7.30. The number of aryl methyl sites for hydroxylation is 2. The van der Waals surface area contributed by atoms with Crippen molar-refractivity contribution in [1.82, 2.24) is 10.6 Å². The zero-order valence-corrected chi connectivity index (χ0v) is 22.3. The van der Waals surface area contributed by atoms with E-state index in [0.717, 1.165) is 10.9 Å². The third kappa shape index (κ3) is 6.22. The maximum atomic E-state index is 13.1. The lowest BCUT2D eigenvalue weighted by atomic mass is 9.96. The van der Waals surface area contributed by atoms with Crippen molar-refractivity contribution >= 4 is 28.8 Å². The first-order valence-electron chi connectivity index (χ1n) is 12.6. The van der Waals surface area contributed by atoms with Gasteiger partial charge in [-0.2, -0.15) is 0 Å². The second kappa shape index (κ2) is 12.4. The molecule has 0 unspecified atom stereocenters. The fraction of sp³-hybridized carbons (Fsp3) is 0.379. The minimum Gasteiger partial charge on any atom is -0.496 e. The first kappa shape index (κ1) is 28.4. The summed E-state index contributed by atoms with van der Waals surface area (Å²) in [7, 11) is 1.54. The highest BCUT2D eigenvalue weighted by atomic mass is 16.5. The lowest BCUT2D eigenvalue weighted by Gasteiger charge is -2.25. The third-order valence-corrected chi connectivity index (χ3v) is 6.95. The van der Waals surface area contributed by atoms with Crippen molar-refractivity contribution in [2.45, 2.75) is 59.0 Å². The summed E-state index contributed by atoms with van der Waals surface area (Å²) in [5, 5.41) is 15.7. The van der Waals surface area contributed by atoms with Crippen LogP contribution < -0.4 is 21.0 Å². The fourth-order valence-corrected chi connectivity index (χ4v) is 4.43. The minimum atomic E-state index is -1.25. The van der Waals surface area contributed by atoms with Gasteiger partial charge in [0.25, 0.3) is 0 Å². The van der Waals surface area contributed by atoms with E-state index in [-0.39, 0.29) is 18.8 Å². The quantitative estimate of drug-likeness (QED) is 0.326. The van der Waals surface area contributed by atoms with Crippen LogP contribution in [0.5, 0.6) is 5.75 Å². The van der Waals surface area contributed by atoms with Gasteiger partial charge in [-0.3, -0.25) is 9.59 Å². The van der Waals surface area contributed by atoms with Gasteiger partial charge in [0, 0.05) is 22.9 Å². The maximum absolute atomic E-state index is 13.1. The van der Waals surface area contributed by atoms with Crippen molar-refractivity contribution in [1.29, 1.82) is 0 Å². The van der Waals surface area contributed by atoms with Crippen LogP contribution in [0.3, 0.4) is 0 Å². The highest BCUT2D eigenvalue weighted by Gasteiger charge is 2.30. The SMILES string of the molecule is CC[C@H](C)[C@H](NC(=O)CCc1c(C)c2ccc(OC)c(C)c2oc1=O)C(=O)N[C@@H](C(=O)O)c1ccccc1. The lowest BCUT2D eigenvalue weighted by Crippen LogP contribution is -2.51. The summed E-state index contributed by atoms with van der Waals surface area (Å²) >= 11 is 0. The van der Waals surface area contributed by atoms with Crippen LogP contribution in [-0.4, -0.2) is 36.0 Å². The molecule has 3 aromatic rings. The highest BCUT2D eigenvalue weighted by molar-refractivity contribution is 5.91. The lowest BCUT2D eigenvalue weighted by molar-refractivity contribution is -0.142. The Balaban J connectivity index is 1.76. The predicted octanol–water partition coefficient (Wildman–Crippen LogP) is 3.82. The van der Waals surface area contributed by atoms with E-state index in [4.69, 9.17) is 9.15 Å². The van der Waals surface area contributed by atoms with Gasteiger partial charge in [0.05, 0.1) is 7.11 Å². The average Bonchev–Trinajstić information content (AvgIpc) is 2.90. The zero-order valence-electron chi connectivity index (χ0n) is 22.3. The molecule has 2 aromatic carbocycles. The molecule has 202 valence electrons. The minimum absolute atomic E-state index is 0.0481. The van der Waals surface area contributed by atoms with Gasteiger partial charge >= 0.3 is 11.6 Å². The summed E-state index contributed by atoms with van der Waals surface area (Å²) in [6, 6.07) is 9.79. The summed E-state index contributed by atoms with van der Waals surface area (Å²) < 4.78 is 10.9. The third-order valence-electron chi connectivity index (χ3n) is 6.95. The van der Waals surface area contributed by atoms with E-state index < -0.39 is 35.5 Å². The molecule has 38 heavy (non-hydrogen) atoms. The van der Waals surface area contributed by atoms with Gasteiger partial charge in [-0.05, 0) is 49.4 Å². The van der Waals surface area contributed by atoms with Gasteiger partial charge in [-0.15, -0.1) is 0 Å². The first-order valence-corrected chi connectivity index (χ1v) is 12.6. The molecule has 1 aromatic heterocycles. The van der Waals surface area contributed by atoms with Crippen LogP contribution in [0.25, 0.3) is 11.0 Å². The van der Waals surface area contributed by atoms with Crippen molar-refractivity contribution in [3.63, 3.8) is 0 Å². The first-order chi connectivity index (χ1) is 18.1. The Morgan fingerprint density at radius 1 is 1.03 bits per heavy atom. The van der Waals surface area contributed by atoms with E-state index in [1.165, 1.54) is 0 Å². The molecule has 0 aliphatic rings. The Morgan fingerprint density at radius 2 is 1.71 bits per heavy atom. The Kier molecular flexibility index (Phi) is 9.28. The molecular formula is C29H34N2O7. The van der Waals surface area contributed by atoms with Gasteiger partial charge in [-0.1, -0.05) is 50.6 Å². The number of amides is 2. The molecule has 2 amide bonds. The van der Waals surface area contributed by atoms with Gasteiger partial charge in [-0.25, -0.2) is 9.59 Å². The van der Waals surface area contributed by atoms with Gasteiger partial charge in [0.15, 0.2) is 6.04 Å². The van der Waals surface area contributed by atoms with E-state index >= 15 is 0 Å². The number of nitrogens with one attached hydrogen (secondary N) is 2. The van der Waals surface area contributed by atoms with Crippen LogP contribution in [-0.2, 0) is 20.8 Å². The molecule has 0 bridgehead atoms. The van der Waals surface area contributed by atoms with Crippen LogP contribution >= 0.6 is 0 Å². The maximum Gasteiger partial charge on any atom is 0.339 e. The average molecular weight is 523 g/mol. The Morgan fingerprint density at radius 3 is 2.32 bits per heavy atom. The second-order valence-corrected chi connectivity index (χ2v) is 9.38. The molecule has 1 heterocycles. The summed E-state index contributed by atoms with van der Waals surface area (Å²) in [5.41, 5.74) is 2.17. The number of rotatable bonds is 11. The monoisotopic (exact) mass is 522 g/mol. The smallest absolute Gasteiger partial charge is 0.339 e. The zero-order chi connectivity index (χ0) is 28.0. The highest BCUT2D eigenvalue weighted by Crippen LogP contribution is 2.29. The van der Waals surface area contributed by atoms with Crippen molar-refractivity contribution in [3.8, 4) is 5.75 Å². The number of hydrogen-bond donors (Lipinski definition) is 3. The van der Waals surface area contributed by atoms with Crippen LogP contribution in [0.1, 0.15) is 55.0 Å². The molecule has 0 saturated carbocycles. The predicted molar refractivity (Wildman–Crippen MR) is 143 cm³/mol. The number of ether oxygens (including phenoxy) is 1. The number of aliphatic carboxylic acids is 1. The number of hydrogen-bond acceptors (Lipinski definition) is 6. The van der Waals surface area contributed by atoms with Crippen molar-refractivity contribution in [2.75, 3.05) is 7.11 Å². The van der Waals surface area contributed by atoms with Gasteiger partial charge < -0.3 is 24.9 Å². The summed E-state index contributed by atoms with van der Waals surface area (Å²) in [5.74, 6) is -1.87. The second-order valence-electron chi connectivity index (χ2n) is 9.38. The normalized spacial score (nSPS) is 13.4. The van der Waals surface area contributed by atoms with E-state index in [1.807, 2.05) is 33.8 Å². The van der Waals surface area contributed by atoms with E-state index in [1.54, 1.807) is 43.5 Å². The van der Waals surface area contributed by atoms with Crippen molar-refractivity contribution in [2.24, 2.45) is 5.92 Å². The molecule has 3 atom stereocenters. The molecule has 9 heteroatoms. The van der Waals surface area contributed by atoms with E-state index in [0.29, 0.717) is 34.4 Å². The Bertz CT molecular complexity index is 1380. The number of methoxy groups -OCH3 is 1. The topological polar surface area (TPSA) is 135 Å². The summed E-state index contributed by atoms with van der Waals surface area (Å²) in [6.07, 6.45) is 0.656. The Hall–Kier alpha value is -4.14. The molecule has 0 spiro atoms.